The van der Waals surface area contributed by atoms with Crippen LogP contribution in [0.4, 0.5) is 0 Å². The Bertz CT molecular complexity index is 464. The van der Waals surface area contributed by atoms with Crippen molar-refractivity contribution < 1.29 is 14.3 Å². The Morgan fingerprint density at radius 1 is 1.30 bits per heavy atom. The number of allylic oxidation sites excluding steroid dienone is 1. The molecule has 0 N–H and O–H groups in total. The van der Waals surface area contributed by atoms with Gasteiger partial charge >= 0.3 is 0 Å². The van der Waals surface area contributed by atoms with Gasteiger partial charge in [0.25, 0.3) is 0 Å². The Labute approximate surface area is 119 Å². The van der Waals surface area contributed by atoms with Crippen molar-refractivity contribution in [3.63, 3.8) is 0 Å². The van der Waals surface area contributed by atoms with Gasteiger partial charge in [-0.15, -0.1) is 0 Å². The van der Waals surface area contributed by atoms with E-state index in [-0.39, 0.29) is 6.10 Å². The summed E-state index contributed by atoms with van der Waals surface area (Å²) < 4.78 is 11.4. The minimum absolute atomic E-state index is 0.0106. The topological polar surface area (TPSA) is 35.5 Å². The van der Waals surface area contributed by atoms with Crippen molar-refractivity contribution >= 4 is 5.94 Å². The molecule has 0 heterocycles. The molecule has 1 aromatic carbocycles. The number of hydrogen-bond donors (Lipinski definition) is 0. The minimum Gasteiger partial charge on any atom is -0.498 e. The van der Waals surface area contributed by atoms with Gasteiger partial charge in [0.15, 0.2) is 0 Å². The van der Waals surface area contributed by atoms with Crippen molar-refractivity contribution in [3.05, 3.63) is 48.7 Å². The summed E-state index contributed by atoms with van der Waals surface area (Å²) in [7, 11) is 0. The fourth-order valence-electron chi connectivity index (χ4n) is 2.57. The van der Waals surface area contributed by atoms with Gasteiger partial charge in [0.1, 0.15) is 24.4 Å². The molecule has 3 nitrogen and oxygen atoms in total. The van der Waals surface area contributed by atoms with Gasteiger partial charge in [0.05, 0.1) is 6.26 Å². The summed E-state index contributed by atoms with van der Waals surface area (Å²) in [6.45, 7) is 4.07. The second-order valence-electron chi connectivity index (χ2n) is 5.01. The highest BCUT2D eigenvalue weighted by Gasteiger charge is 2.27. The van der Waals surface area contributed by atoms with Crippen LogP contribution in [-0.4, -0.2) is 18.7 Å². The van der Waals surface area contributed by atoms with E-state index in [4.69, 9.17) is 9.47 Å². The standard InChI is InChI=1S/C17H20O3/c1-2-19-13-17(20-16-6-4-3-5-7-16)15-10-8-14(12-18)9-11-15/h2-7,15,17H,1,8-11,13H2. The molecule has 1 aliphatic rings. The van der Waals surface area contributed by atoms with E-state index in [0.29, 0.717) is 12.5 Å². The van der Waals surface area contributed by atoms with Gasteiger partial charge in [-0.2, -0.15) is 0 Å². The van der Waals surface area contributed by atoms with Crippen molar-refractivity contribution in [2.24, 2.45) is 5.92 Å². The molecule has 1 fully saturated rings. The molecule has 0 bridgehead atoms. The molecular formula is C17H20O3. The zero-order valence-electron chi connectivity index (χ0n) is 11.6. The van der Waals surface area contributed by atoms with Crippen LogP contribution in [0.1, 0.15) is 25.7 Å². The molecule has 106 valence electrons. The van der Waals surface area contributed by atoms with Gasteiger partial charge in [-0.05, 0) is 43.7 Å². The van der Waals surface area contributed by atoms with Crippen LogP contribution in [0, 0.1) is 5.92 Å². The molecule has 1 aliphatic carbocycles. The van der Waals surface area contributed by atoms with Crippen LogP contribution in [0.25, 0.3) is 0 Å². The van der Waals surface area contributed by atoms with Crippen LogP contribution in [0.5, 0.6) is 5.75 Å². The SMILES string of the molecule is C=COCC(Oc1ccccc1)C1CCC(=C=O)CC1. The van der Waals surface area contributed by atoms with Gasteiger partial charge in [-0.3, -0.25) is 0 Å². The Kier molecular flexibility index (Phi) is 5.45. The van der Waals surface area contributed by atoms with Crippen molar-refractivity contribution in [1.82, 2.24) is 0 Å². The first-order chi connectivity index (χ1) is 9.83. The quantitative estimate of drug-likeness (QED) is 0.587. The second-order valence-corrected chi connectivity index (χ2v) is 5.01. The first-order valence-electron chi connectivity index (χ1n) is 7.00. The van der Waals surface area contributed by atoms with E-state index in [1.54, 1.807) is 0 Å². The summed E-state index contributed by atoms with van der Waals surface area (Å²) in [6.07, 6.45) is 4.96. The number of rotatable bonds is 6. The van der Waals surface area contributed by atoms with E-state index in [1.807, 2.05) is 36.3 Å². The van der Waals surface area contributed by atoms with Crippen LogP contribution in [-0.2, 0) is 9.53 Å². The van der Waals surface area contributed by atoms with E-state index >= 15 is 0 Å². The van der Waals surface area contributed by atoms with E-state index in [0.717, 1.165) is 37.0 Å². The summed E-state index contributed by atoms with van der Waals surface area (Å²) in [4.78, 5) is 10.7. The first kappa shape index (κ1) is 14.4. The largest absolute Gasteiger partial charge is 0.498 e. The number of para-hydroxylation sites is 1. The fraction of sp³-hybridized carbons (Fsp3) is 0.412. The smallest absolute Gasteiger partial charge is 0.135 e. The normalized spacial score (nSPS) is 19.8. The molecule has 1 unspecified atom stereocenters. The maximum atomic E-state index is 10.7. The maximum absolute atomic E-state index is 10.7. The highest BCUT2D eigenvalue weighted by atomic mass is 16.5. The number of carbonyl (C=O) groups excluding carboxylic acids is 1. The summed E-state index contributed by atoms with van der Waals surface area (Å²) in [5.41, 5.74) is 0.893. The van der Waals surface area contributed by atoms with Gasteiger partial charge in [-0.1, -0.05) is 24.8 Å². The predicted molar refractivity (Wildman–Crippen MR) is 78.2 cm³/mol. The average Bonchev–Trinajstić information content (AvgIpc) is 2.52. The Morgan fingerprint density at radius 2 is 2.00 bits per heavy atom. The summed E-state index contributed by atoms with van der Waals surface area (Å²) in [5, 5.41) is 0. The fourth-order valence-corrected chi connectivity index (χ4v) is 2.57. The van der Waals surface area contributed by atoms with Crippen molar-refractivity contribution in [2.75, 3.05) is 6.61 Å². The maximum Gasteiger partial charge on any atom is 0.135 e. The molecule has 1 atom stereocenters. The van der Waals surface area contributed by atoms with E-state index in [9.17, 15) is 4.79 Å². The van der Waals surface area contributed by atoms with Crippen LogP contribution in [0.3, 0.4) is 0 Å². The lowest BCUT2D eigenvalue weighted by molar-refractivity contribution is 0.0490. The number of ether oxygens (including phenoxy) is 2. The molecule has 1 aromatic rings. The zero-order valence-corrected chi connectivity index (χ0v) is 11.6. The third kappa shape index (κ3) is 4.01. The van der Waals surface area contributed by atoms with E-state index in [1.165, 1.54) is 6.26 Å². The molecule has 0 amide bonds. The molecule has 3 heteroatoms. The third-order valence-electron chi connectivity index (χ3n) is 3.71. The van der Waals surface area contributed by atoms with Gasteiger partial charge in [-0.25, -0.2) is 4.79 Å². The lowest BCUT2D eigenvalue weighted by atomic mass is 9.83. The Hall–Kier alpha value is -1.99. The van der Waals surface area contributed by atoms with Crippen LogP contribution in [0.15, 0.2) is 48.7 Å². The molecule has 2 rings (SSSR count). The number of benzene rings is 1. The van der Waals surface area contributed by atoms with Crippen molar-refractivity contribution in [3.8, 4) is 5.75 Å². The molecular weight excluding hydrogens is 252 g/mol. The van der Waals surface area contributed by atoms with Crippen molar-refractivity contribution in [2.45, 2.75) is 31.8 Å². The first-order valence-corrected chi connectivity index (χ1v) is 7.00. The molecule has 0 aliphatic heterocycles. The van der Waals surface area contributed by atoms with Gasteiger partial charge in [0.2, 0.25) is 0 Å². The molecule has 1 saturated carbocycles. The predicted octanol–water partition coefficient (Wildman–Crippen LogP) is 3.54. The Morgan fingerprint density at radius 3 is 2.60 bits per heavy atom. The highest BCUT2D eigenvalue weighted by Crippen LogP contribution is 2.31. The van der Waals surface area contributed by atoms with Crippen LogP contribution >= 0.6 is 0 Å². The van der Waals surface area contributed by atoms with Crippen LogP contribution < -0.4 is 4.74 Å². The van der Waals surface area contributed by atoms with Crippen molar-refractivity contribution in [1.29, 1.82) is 0 Å². The molecule has 0 spiro atoms. The number of hydrogen-bond acceptors (Lipinski definition) is 3. The monoisotopic (exact) mass is 272 g/mol. The average molecular weight is 272 g/mol. The summed E-state index contributed by atoms with van der Waals surface area (Å²) >= 11 is 0. The van der Waals surface area contributed by atoms with Crippen LogP contribution in [0.2, 0.25) is 0 Å². The van der Waals surface area contributed by atoms with Gasteiger partial charge < -0.3 is 9.47 Å². The Balaban J connectivity index is 2.00. The molecule has 0 radical (unpaired) electrons. The highest BCUT2D eigenvalue weighted by molar-refractivity contribution is 5.52. The molecule has 20 heavy (non-hydrogen) atoms. The minimum atomic E-state index is -0.0106. The second kappa shape index (κ2) is 7.56. The van der Waals surface area contributed by atoms with E-state index in [2.05, 4.69) is 6.58 Å². The summed E-state index contributed by atoms with van der Waals surface area (Å²) in [5.74, 6) is 3.28. The molecule has 0 saturated heterocycles. The lowest BCUT2D eigenvalue weighted by Gasteiger charge is -2.30. The van der Waals surface area contributed by atoms with E-state index < -0.39 is 0 Å². The third-order valence-corrected chi connectivity index (χ3v) is 3.71. The lowest BCUT2D eigenvalue weighted by Crippen LogP contribution is -2.33. The molecule has 0 aromatic heterocycles. The summed E-state index contributed by atoms with van der Waals surface area (Å²) in [6, 6.07) is 9.76. The zero-order chi connectivity index (χ0) is 14.2. The van der Waals surface area contributed by atoms with Gasteiger partial charge in [0, 0.05) is 5.57 Å².